The van der Waals surface area contributed by atoms with Gasteiger partial charge in [-0.1, -0.05) is 11.6 Å². The molecule has 0 amide bonds. The summed E-state index contributed by atoms with van der Waals surface area (Å²) >= 11 is 10.4. The lowest BCUT2D eigenvalue weighted by Gasteiger charge is -1.99. The van der Waals surface area contributed by atoms with E-state index in [-0.39, 0.29) is 0 Å². The summed E-state index contributed by atoms with van der Waals surface area (Å²) in [5.41, 5.74) is 0. The van der Waals surface area contributed by atoms with Crippen molar-refractivity contribution < 1.29 is 0 Å². The third-order valence-corrected chi connectivity index (χ3v) is 3.88. The maximum Gasteiger partial charge on any atom is 0.214 e. The van der Waals surface area contributed by atoms with Gasteiger partial charge in [0.1, 0.15) is 22.3 Å². The fourth-order valence-corrected chi connectivity index (χ4v) is 2.23. The summed E-state index contributed by atoms with van der Waals surface area (Å²) in [6.45, 7) is 1.83. The zero-order chi connectivity index (χ0) is 10.8. The van der Waals surface area contributed by atoms with Crippen molar-refractivity contribution >= 4 is 39.3 Å². The number of aryl methyl sites for hydroxylation is 1. The number of nitrogens with zero attached hydrogens (tertiary/aromatic N) is 4. The van der Waals surface area contributed by atoms with Crippen LogP contribution in [0.5, 0.6) is 0 Å². The third kappa shape index (κ3) is 2.47. The van der Waals surface area contributed by atoms with Gasteiger partial charge in [0.2, 0.25) is 5.16 Å². The van der Waals surface area contributed by atoms with Crippen LogP contribution in [0.25, 0.3) is 0 Å². The molecule has 2 heterocycles. The second-order valence-corrected chi connectivity index (χ2v) is 4.70. The summed E-state index contributed by atoms with van der Waals surface area (Å²) in [6.07, 6.45) is 1.40. The summed E-state index contributed by atoms with van der Waals surface area (Å²) in [5, 5.41) is 8.40. The van der Waals surface area contributed by atoms with Crippen molar-refractivity contribution in [1.29, 1.82) is 0 Å². The normalized spacial score (nSPS) is 10.6. The van der Waals surface area contributed by atoms with Crippen molar-refractivity contribution in [2.75, 3.05) is 0 Å². The maximum absolute atomic E-state index is 5.83. The van der Waals surface area contributed by atoms with Gasteiger partial charge in [-0.3, -0.25) is 5.10 Å². The highest BCUT2D eigenvalue weighted by atomic mass is 79.9. The van der Waals surface area contributed by atoms with Crippen LogP contribution < -0.4 is 0 Å². The number of rotatable bonds is 2. The highest BCUT2D eigenvalue weighted by molar-refractivity contribution is 9.10. The first-order chi connectivity index (χ1) is 7.16. The molecule has 0 radical (unpaired) electrons. The third-order valence-electron chi connectivity index (χ3n) is 1.48. The average Bonchev–Trinajstić information content (AvgIpc) is 2.59. The van der Waals surface area contributed by atoms with Crippen LogP contribution in [0.3, 0.4) is 0 Å². The number of H-pyrrole nitrogens is 1. The molecule has 0 aliphatic carbocycles. The van der Waals surface area contributed by atoms with Crippen molar-refractivity contribution in [3.63, 3.8) is 0 Å². The number of aromatic amines is 1. The Morgan fingerprint density at radius 3 is 2.93 bits per heavy atom. The van der Waals surface area contributed by atoms with Crippen molar-refractivity contribution in [3.8, 4) is 0 Å². The molecule has 0 aromatic carbocycles. The molecule has 0 atom stereocenters. The summed E-state index contributed by atoms with van der Waals surface area (Å²) < 4.78 is 0.652. The zero-order valence-electron chi connectivity index (χ0n) is 7.53. The van der Waals surface area contributed by atoms with Gasteiger partial charge in [0.25, 0.3) is 0 Å². The van der Waals surface area contributed by atoms with Gasteiger partial charge in [0.15, 0.2) is 0 Å². The summed E-state index contributed by atoms with van der Waals surface area (Å²) in [7, 11) is 0. The molecule has 0 saturated carbocycles. The first kappa shape index (κ1) is 10.8. The zero-order valence-corrected chi connectivity index (χ0v) is 10.7. The topological polar surface area (TPSA) is 67.3 Å². The Labute approximate surface area is 103 Å². The van der Waals surface area contributed by atoms with Gasteiger partial charge in [0, 0.05) is 0 Å². The smallest absolute Gasteiger partial charge is 0.214 e. The predicted octanol–water partition coefficient (Wildman–Crippen LogP) is 2.47. The Bertz CT molecular complexity index is 488. The summed E-state index contributed by atoms with van der Waals surface area (Å²) in [6, 6.07) is 0. The van der Waals surface area contributed by atoms with Crippen LogP contribution in [0.15, 0.2) is 21.0 Å². The lowest BCUT2D eigenvalue weighted by Crippen LogP contribution is -1.87. The van der Waals surface area contributed by atoms with Crippen LogP contribution in [0.2, 0.25) is 5.15 Å². The van der Waals surface area contributed by atoms with Crippen LogP contribution in [-0.4, -0.2) is 25.1 Å². The van der Waals surface area contributed by atoms with Crippen molar-refractivity contribution in [2.45, 2.75) is 17.1 Å². The molecule has 0 saturated heterocycles. The van der Waals surface area contributed by atoms with Gasteiger partial charge in [-0.05, 0) is 34.6 Å². The number of halogens is 2. The maximum atomic E-state index is 5.83. The van der Waals surface area contributed by atoms with Gasteiger partial charge in [0.05, 0.1) is 4.47 Å². The van der Waals surface area contributed by atoms with E-state index in [9.17, 15) is 0 Å². The molecule has 0 aliphatic heterocycles. The largest absolute Gasteiger partial charge is 0.262 e. The van der Waals surface area contributed by atoms with Crippen molar-refractivity contribution in [1.82, 2.24) is 25.1 Å². The van der Waals surface area contributed by atoms with Gasteiger partial charge >= 0.3 is 0 Å². The molecule has 2 aromatic heterocycles. The Hall–Kier alpha value is -0.660. The lowest BCUT2D eigenvalue weighted by atomic mass is 10.7. The lowest BCUT2D eigenvalue weighted by molar-refractivity contribution is 0.956. The highest BCUT2D eigenvalue weighted by Gasteiger charge is 2.10. The fraction of sp³-hybridized carbons (Fsp3) is 0.143. The monoisotopic (exact) mass is 305 g/mol. The Balaban J connectivity index is 2.28. The minimum absolute atomic E-state index is 0.375. The molecule has 2 rings (SSSR count). The summed E-state index contributed by atoms with van der Waals surface area (Å²) in [4.78, 5) is 12.1. The van der Waals surface area contributed by atoms with Crippen LogP contribution >= 0.6 is 39.3 Å². The summed E-state index contributed by atoms with van der Waals surface area (Å²) in [5.74, 6) is 0.758. The number of hydrogen-bond donors (Lipinski definition) is 1. The van der Waals surface area contributed by atoms with Crippen molar-refractivity contribution in [2.24, 2.45) is 0 Å². The molecule has 8 heteroatoms. The number of hydrogen-bond acceptors (Lipinski definition) is 5. The molecule has 0 bridgehead atoms. The van der Waals surface area contributed by atoms with E-state index in [0.717, 1.165) is 5.82 Å². The van der Waals surface area contributed by atoms with E-state index in [1.165, 1.54) is 18.1 Å². The van der Waals surface area contributed by atoms with Gasteiger partial charge in [-0.25, -0.2) is 15.0 Å². The quantitative estimate of drug-likeness (QED) is 0.863. The molecule has 0 unspecified atom stereocenters. The van der Waals surface area contributed by atoms with E-state index in [1.807, 2.05) is 6.92 Å². The Morgan fingerprint density at radius 2 is 2.27 bits per heavy atom. The van der Waals surface area contributed by atoms with E-state index in [2.05, 4.69) is 41.1 Å². The number of aromatic nitrogens is 5. The highest BCUT2D eigenvalue weighted by Crippen LogP contribution is 2.32. The Morgan fingerprint density at radius 1 is 1.47 bits per heavy atom. The second-order valence-electron chi connectivity index (χ2n) is 2.59. The van der Waals surface area contributed by atoms with Crippen molar-refractivity contribution in [3.05, 3.63) is 21.8 Å². The van der Waals surface area contributed by atoms with E-state index < -0.39 is 0 Å². The SMILES string of the molecule is Cc1nc(Sc2ncnc(Cl)c2Br)n[nH]1. The van der Waals surface area contributed by atoms with Gasteiger partial charge in [-0.15, -0.1) is 5.10 Å². The predicted molar refractivity (Wildman–Crippen MR) is 60.0 cm³/mol. The van der Waals surface area contributed by atoms with E-state index in [1.54, 1.807) is 0 Å². The van der Waals surface area contributed by atoms with E-state index in [0.29, 0.717) is 19.8 Å². The van der Waals surface area contributed by atoms with Crippen LogP contribution in [0.1, 0.15) is 5.82 Å². The molecule has 0 spiro atoms. The molecule has 0 aliphatic rings. The molecule has 1 N–H and O–H groups in total. The average molecular weight is 307 g/mol. The molecule has 0 fully saturated rings. The molecule has 15 heavy (non-hydrogen) atoms. The first-order valence-electron chi connectivity index (χ1n) is 3.89. The first-order valence-corrected chi connectivity index (χ1v) is 5.88. The van der Waals surface area contributed by atoms with Crippen LogP contribution in [0.4, 0.5) is 0 Å². The molecular formula is C7H5BrClN5S. The van der Waals surface area contributed by atoms with Gasteiger partial charge in [-0.2, -0.15) is 0 Å². The molecular weight excluding hydrogens is 302 g/mol. The van der Waals surface area contributed by atoms with Gasteiger partial charge < -0.3 is 0 Å². The van der Waals surface area contributed by atoms with Crippen LogP contribution in [-0.2, 0) is 0 Å². The minimum Gasteiger partial charge on any atom is -0.262 e. The van der Waals surface area contributed by atoms with E-state index >= 15 is 0 Å². The Kier molecular flexibility index (Phi) is 3.22. The molecule has 2 aromatic rings. The minimum atomic E-state index is 0.375. The van der Waals surface area contributed by atoms with Crippen LogP contribution in [0, 0.1) is 6.92 Å². The van der Waals surface area contributed by atoms with E-state index in [4.69, 9.17) is 11.6 Å². The number of nitrogens with one attached hydrogen (secondary N) is 1. The fourth-order valence-electron chi connectivity index (χ4n) is 0.859. The standard InChI is InChI=1S/C7H5BrClN5S/c1-3-12-7(14-13-3)15-6-4(8)5(9)10-2-11-6/h2H,1H3,(H,12,13,14). The second kappa shape index (κ2) is 4.46. The molecule has 5 nitrogen and oxygen atoms in total. The molecule has 78 valence electrons.